The molecule has 0 aliphatic carbocycles. The third-order valence-electron chi connectivity index (χ3n) is 2.07. The number of halogens is 2. The summed E-state index contributed by atoms with van der Waals surface area (Å²) in [4.78, 5) is 1.38. The zero-order chi connectivity index (χ0) is 10.1. The predicted molar refractivity (Wildman–Crippen MR) is 79.0 cm³/mol. The third-order valence-corrected chi connectivity index (χ3v) is 5.71. The highest BCUT2D eigenvalue weighted by Crippen LogP contribution is 2.34. The maximum Gasteiger partial charge on any atom is 0.0357 e. The fraction of sp³-hybridized carbons (Fsp3) is 0.200. The maximum absolute atomic E-state index is 3.52. The molecule has 14 heavy (non-hydrogen) atoms. The van der Waals surface area contributed by atoms with Crippen LogP contribution in [0.4, 0.5) is 0 Å². The molecule has 0 bridgehead atoms. The number of benzene rings is 1. The van der Waals surface area contributed by atoms with Gasteiger partial charge in [-0.25, -0.2) is 0 Å². The summed E-state index contributed by atoms with van der Waals surface area (Å²) in [6.45, 7) is 0. The molecule has 0 atom stereocenters. The average Bonchev–Trinajstić information content (AvgIpc) is 2.58. The minimum absolute atomic E-state index is 0.946. The van der Waals surface area contributed by atoms with Gasteiger partial charge in [0.1, 0.15) is 0 Å². The van der Waals surface area contributed by atoms with Crippen molar-refractivity contribution in [2.24, 2.45) is 0 Å². The van der Waals surface area contributed by atoms with Gasteiger partial charge in [-0.05, 0) is 57.3 Å². The van der Waals surface area contributed by atoms with Crippen LogP contribution in [0.25, 0.3) is 10.1 Å². The molecule has 74 valence electrons. The van der Waals surface area contributed by atoms with E-state index in [-0.39, 0.29) is 0 Å². The molecule has 0 radical (unpaired) electrons. The van der Waals surface area contributed by atoms with E-state index in [1.807, 2.05) is 23.1 Å². The first-order valence-corrected chi connectivity index (χ1v) is 8.36. The van der Waals surface area contributed by atoms with Gasteiger partial charge >= 0.3 is 0 Å². The van der Waals surface area contributed by atoms with Crippen LogP contribution in [0.1, 0.15) is 5.56 Å². The summed E-state index contributed by atoms with van der Waals surface area (Å²) in [6.07, 6.45) is 2.13. The van der Waals surface area contributed by atoms with Gasteiger partial charge in [0.05, 0.1) is 0 Å². The Morgan fingerprint density at radius 2 is 2.29 bits per heavy atom. The number of thioether (sulfide) groups is 1. The molecule has 0 spiro atoms. The first-order valence-electron chi connectivity index (χ1n) is 4.06. The molecule has 1 heterocycles. The number of rotatable bonds is 2. The lowest BCUT2D eigenvalue weighted by Crippen LogP contribution is -1.79. The van der Waals surface area contributed by atoms with E-state index < -0.39 is 0 Å². The predicted octanol–water partition coefficient (Wildman–Crippen LogP) is 5.12. The van der Waals surface area contributed by atoms with Gasteiger partial charge in [-0.15, -0.1) is 23.1 Å². The molecule has 0 saturated heterocycles. The van der Waals surface area contributed by atoms with Gasteiger partial charge < -0.3 is 0 Å². The third kappa shape index (κ3) is 1.99. The van der Waals surface area contributed by atoms with Crippen molar-refractivity contribution in [3.05, 3.63) is 26.6 Å². The average molecular weight is 399 g/mol. The molecular formula is C10H8BrIS2. The normalized spacial score (nSPS) is 11.1. The standard InChI is InChI=1S/C10H8BrIS2/c1-13-10-3-9-7(2-8(10)12)6(4-11)5-14-9/h2-3,5H,4H2,1H3. The molecule has 1 aromatic heterocycles. The molecule has 0 saturated carbocycles. The smallest absolute Gasteiger partial charge is 0.0357 e. The second-order valence-electron chi connectivity index (χ2n) is 2.88. The van der Waals surface area contributed by atoms with E-state index in [1.54, 1.807) is 0 Å². The van der Waals surface area contributed by atoms with Crippen molar-refractivity contribution in [1.82, 2.24) is 0 Å². The van der Waals surface area contributed by atoms with Crippen LogP contribution < -0.4 is 0 Å². The number of alkyl halides is 1. The molecule has 4 heteroatoms. The lowest BCUT2D eigenvalue weighted by atomic mass is 10.2. The van der Waals surface area contributed by atoms with E-state index in [2.05, 4.69) is 62.3 Å². The van der Waals surface area contributed by atoms with Crippen molar-refractivity contribution in [2.45, 2.75) is 10.2 Å². The SMILES string of the molecule is CSc1cc2scc(CBr)c2cc1I. The molecule has 0 fully saturated rings. The molecule has 0 aliphatic heterocycles. The van der Waals surface area contributed by atoms with Crippen LogP contribution in [0, 0.1) is 3.57 Å². The zero-order valence-corrected chi connectivity index (χ0v) is 12.9. The van der Waals surface area contributed by atoms with Gasteiger partial charge in [-0.2, -0.15) is 0 Å². The Balaban J connectivity index is 2.69. The summed E-state index contributed by atoms with van der Waals surface area (Å²) in [5, 5.41) is 4.58. The molecule has 2 aromatic rings. The molecular weight excluding hydrogens is 391 g/mol. The quantitative estimate of drug-likeness (QED) is 0.384. The summed E-state index contributed by atoms with van der Waals surface area (Å²) in [5.41, 5.74) is 1.40. The Morgan fingerprint density at radius 3 is 2.93 bits per heavy atom. The Bertz CT molecular complexity index is 464. The highest BCUT2D eigenvalue weighted by molar-refractivity contribution is 14.1. The van der Waals surface area contributed by atoms with Gasteiger partial charge in [0, 0.05) is 18.5 Å². The summed E-state index contributed by atoms with van der Waals surface area (Å²) < 4.78 is 2.74. The number of thiophene rings is 1. The topological polar surface area (TPSA) is 0 Å². The summed E-state index contributed by atoms with van der Waals surface area (Å²) in [5.74, 6) is 0. The summed E-state index contributed by atoms with van der Waals surface area (Å²) >= 11 is 9.57. The number of fused-ring (bicyclic) bond motifs is 1. The Kier molecular flexibility index (Phi) is 3.79. The number of hydrogen-bond acceptors (Lipinski definition) is 2. The van der Waals surface area contributed by atoms with Gasteiger partial charge in [0.25, 0.3) is 0 Å². The lowest BCUT2D eigenvalue weighted by Gasteiger charge is -2.01. The fourth-order valence-electron chi connectivity index (χ4n) is 1.34. The Labute approximate surface area is 114 Å². The van der Waals surface area contributed by atoms with Gasteiger partial charge in [-0.3, -0.25) is 0 Å². The van der Waals surface area contributed by atoms with Crippen LogP contribution in [0.3, 0.4) is 0 Å². The molecule has 0 amide bonds. The fourth-order valence-corrected chi connectivity index (χ4v) is 4.69. The van der Waals surface area contributed by atoms with Crippen molar-refractivity contribution in [3.8, 4) is 0 Å². The van der Waals surface area contributed by atoms with E-state index >= 15 is 0 Å². The highest BCUT2D eigenvalue weighted by atomic mass is 127. The van der Waals surface area contributed by atoms with Crippen molar-refractivity contribution in [3.63, 3.8) is 0 Å². The van der Waals surface area contributed by atoms with Crippen LogP contribution in [0.2, 0.25) is 0 Å². The van der Waals surface area contributed by atoms with Gasteiger partial charge in [0.2, 0.25) is 0 Å². The Morgan fingerprint density at radius 1 is 1.50 bits per heavy atom. The highest BCUT2D eigenvalue weighted by Gasteiger charge is 2.06. The Hall–Kier alpha value is 0.740. The second-order valence-corrected chi connectivity index (χ2v) is 6.36. The first-order chi connectivity index (χ1) is 6.76. The van der Waals surface area contributed by atoms with Crippen molar-refractivity contribution in [2.75, 3.05) is 6.26 Å². The second kappa shape index (κ2) is 4.72. The largest absolute Gasteiger partial charge is 0.143 e. The molecule has 0 aliphatic rings. The van der Waals surface area contributed by atoms with E-state index in [1.165, 1.54) is 24.1 Å². The lowest BCUT2D eigenvalue weighted by molar-refractivity contribution is 1.44. The molecule has 1 aromatic carbocycles. The van der Waals surface area contributed by atoms with Crippen molar-refractivity contribution in [1.29, 1.82) is 0 Å². The molecule has 0 nitrogen and oxygen atoms in total. The van der Waals surface area contributed by atoms with Crippen molar-refractivity contribution < 1.29 is 0 Å². The van der Waals surface area contributed by atoms with Crippen LogP contribution in [-0.4, -0.2) is 6.26 Å². The summed E-state index contributed by atoms with van der Waals surface area (Å²) in [7, 11) is 0. The minimum atomic E-state index is 0.946. The van der Waals surface area contributed by atoms with E-state index in [9.17, 15) is 0 Å². The van der Waals surface area contributed by atoms with E-state index in [4.69, 9.17) is 0 Å². The summed E-state index contributed by atoms with van der Waals surface area (Å²) in [6, 6.07) is 4.58. The van der Waals surface area contributed by atoms with Gasteiger partial charge in [-0.1, -0.05) is 15.9 Å². The molecule has 0 unspecified atom stereocenters. The van der Waals surface area contributed by atoms with E-state index in [0.29, 0.717) is 0 Å². The van der Waals surface area contributed by atoms with Crippen molar-refractivity contribution >= 4 is 71.7 Å². The first kappa shape index (κ1) is 11.2. The maximum atomic E-state index is 3.52. The molecule has 2 rings (SSSR count). The molecule has 0 N–H and O–H groups in total. The van der Waals surface area contributed by atoms with Crippen LogP contribution in [0.15, 0.2) is 22.4 Å². The minimum Gasteiger partial charge on any atom is -0.143 e. The van der Waals surface area contributed by atoms with Crippen LogP contribution in [0.5, 0.6) is 0 Å². The van der Waals surface area contributed by atoms with E-state index in [0.717, 1.165) is 5.33 Å². The number of hydrogen-bond donors (Lipinski definition) is 0. The zero-order valence-electron chi connectivity index (χ0n) is 7.51. The van der Waals surface area contributed by atoms with Crippen LogP contribution >= 0.6 is 61.6 Å². The van der Waals surface area contributed by atoms with Gasteiger partial charge in [0.15, 0.2) is 0 Å². The monoisotopic (exact) mass is 398 g/mol. The van der Waals surface area contributed by atoms with Crippen LogP contribution in [-0.2, 0) is 5.33 Å².